The fourth-order valence-corrected chi connectivity index (χ4v) is 6.82. The summed E-state index contributed by atoms with van der Waals surface area (Å²) in [6.07, 6.45) is 3.50. The highest BCUT2D eigenvalue weighted by atomic mass is 32.2. The summed E-state index contributed by atoms with van der Waals surface area (Å²) < 4.78 is 37.2. The molecule has 0 saturated heterocycles. The lowest BCUT2D eigenvalue weighted by Gasteiger charge is -2.14. The van der Waals surface area contributed by atoms with Crippen LogP contribution in [0.1, 0.15) is 54.0 Å². The minimum absolute atomic E-state index is 0.0149. The van der Waals surface area contributed by atoms with Crippen molar-refractivity contribution in [2.75, 3.05) is 26.3 Å². The van der Waals surface area contributed by atoms with E-state index in [1.807, 2.05) is 30.3 Å². The SMILES string of the molecule is O=S(=O)(c1cccc(COCCOc2ccc(CCNC[C@H](O)c3ccc(O)c(CO)c3)cc2)c1)C1CCCC1. The molecule has 1 fully saturated rings. The standard InChI is InChI=1S/C31H39NO7S/c33-21-26-19-25(10-13-30(26)34)31(35)20-32-15-14-23-8-11-27(12-9-23)39-17-16-38-22-24-4-3-7-29(18-24)40(36,37)28-5-1-2-6-28/h3-4,7-13,18-19,28,31-35H,1-2,5-6,14-17,20-22H2/t31-/m0/s1. The first kappa shape index (κ1) is 30.0. The van der Waals surface area contributed by atoms with Gasteiger partial charge in [-0.1, -0.05) is 43.2 Å². The molecule has 1 aliphatic rings. The number of phenols is 1. The van der Waals surface area contributed by atoms with Gasteiger partial charge in [-0.25, -0.2) is 8.42 Å². The lowest BCUT2D eigenvalue weighted by Crippen LogP contribution is -2.23. The summed E-state index contributed by atoms with van der Waals surface area (Å²) in [7, 11) is -3.27. The fraction of sp³-hybridized carbons (Fsp3) is 0.419. The average molecular weight is 570 g/mol. The van der Waals surface area contributed by atoms with Crippen LogP contribution in [-0.2, 0) is 34.2 Å². The second-order valence-corrected chi connectivity index (χ2v) is 12.4. The molecule has 216 valence electrons. The lowest BCUT2D eigenvalue weighted by atomic mass is 10.1. The van der Waals surface area contributed by atoms with Crippen LogP contribution in [0.25, 0.3) is 0 Å². The highest BCUT2D eigenvalue weighted by molar-refractivity contribution is 7.92. The number of hydrogen-bond acceptors (Lipinski definition) is 8. The lowest BCUT2D eigenvalue weighted by molar-refractivity contribution is 0.0888. The number of aliphatic hydroxyl groups is 2. The summed E-state index contributed by atoms with van der Waals surface area (Å²) in [6, 6.07) is 19.6. The van der Waals surface area contributed by atoms with Crippen molar-refractivity contribution in [3.05, 3.63) is 89.0 Å². The van der Waals surface area contributed by atoms with Gasteiger partial charge in [-0.3, -0.25) is 0 Å². The topological polar surface area (TPSA) is 125 Å². The van der Waals surface area contributed by atoms with Crippen LogP contribution in [0.15, 0.2) is 71.6 Å². The predicted octanol–water partition coefficient (Wildman–Crippen LogP) is 4.06. The highest BCUT2D eigenvalue weighted by Crippen LogP contribution is 2.30. The van der Waals surface area contributed by atoms with Crippen molar-refractivity contribution in [1.29, 1.82) is 0 Å². The summed E-state index contributed by atoms with van der Waals surface area (Å²) in [5, 5.41) is 32.3. The molecule has 0 radical (unpaired) electrons. The van der Waals surface area contributed by atoms with Crippen LogP contribution in [-0.4, -0.2) is 55.3 Å². The second-order valence-electron chi connectivity index (χ2n) is 10.2. The fourth-order valence-electron chi connectivity index (χ4n) is 4.89. The van der Waals surface area contributed by atoms with Crippen molar-refractivity contribution >= 4 is 9.84 Å². The molecule has 8 nitrogen and oxygen atoms in total. The molecule has 0 heterocycles. The molecule has 1 aliphatic carbocycles. The number of aliphatic hydroxyl groups excluding tert-OH is 2. The van der Waals surface area contributed by atoms with E-state index in [-0.39, 0.29) is 17.6 Å². The van der Waals surface area contributed by atoms with E-state index in [4.69, 9.17) is 9.47 Å². The van der Waals surface area contributed by atoms with Gasteiger partial charge in [-0.15, -0.1) is 0 Å². The van der Waals surface area contributed by atoms with Crippen molar-refractivity contribution in [2.24, 2.45) is 0 Å². The first-order chi connectivity index (χ1) is 19.4. The monoisotopic (exact) mass is 569 g/mol. The Morgan fingerprint density at radius 3 is 2.48 bits per heavy atom. The Bertz CT molecular complexity index is 1320. The number of nitrogens with one attached hydrogen (secondary N) is 1. The summed E-state index contributed by atoms with van der Waals surface area (Å²) in [6.45, 7) is 1.85. The molecule has 4 N–H and O–H groups in total. The minimum atomic E-state index is -3.27. The Hall–Kier alpha value is -2.95. The van der Waals surface area contributed by atoms with Crippen molar-refractivity contribution in [3.8, 4) is 11.5 Å². The van der Waals surface area contributed by atoms with Gasteiger partial charge in [0.2, 0.25) is 0 Å². The van der Waals surface area contributed by atoms with Gasteiger partial charge in [0.15, 0.2) is 9.84 Å². The summed E-state index contributed by atoms with van der Waals surface area (Å²) >= 11 is 0. The van der Waals surface area contributed by atoms with E-state index in [9.17, 15) is 23.7 Å². The molecule has 40 heavy (non-hydrogen) atoms. The minimum Gasteiger partial charge on any atom is -0.508 e. The molecule has 0 aliphatic heterocycles. The maximum absolute atomic E-state index is 12.8. The average Bonchev–Trinajstić information content (AvgIpc) is 3.52. The number of aromatic hydroxyl groups is 1. The number of rotatable bonds is 15. The van der Waals surface area contributed by atoms with E-state index >= 15 is 0 Å². The normalized spacial score (nSPS) is 14.8. The van der Waals surface area contributed by atoms with Gasteiger partial charge >= 0.3 is 0 Å². The summed E-state index contributed by atoms with van der Waals surface area (Å²) in [5.74, 6) is 0.758. The first-order valence-electron chi connectivity index (χ1n) is 13.8. The molecule has 0 bridgehead atoms. The van der Waals surface area contributed by atoms with Crippen LogP contribution in [0.3, 0.4) is 0 Å². The third-order valence-electron chi connectivity index (χ3n) is 7.24. The van der Waals surface area contributed by atoms with E-state index < -0.39 is 15.9 Å². The van der Waals surface area contributed by atoms with Crippen LogP contribution in [0, 0.1) is 0 Å². The van der Waals surface area contributed by atoms with Gasteiger partial charge in [0, 0.05) is 12.1 Å². The molecule has 9 heteroatoms. The third-order valence-corrected chi connectivity index (χ3v) is 9.50. The Balaban J connectivity index is 1.12. The molecule has 0 unspecified atom stereocenters. The zero-order valence-corrected chi connectivity index (χ0v) is 23.5. The zero-order chi connectivity index (χ0) is 28.4. The predicted molar refractivity (Wildman–Crippen MR) is 153 cm³/mol. The maximum Gasteiger partial charge on any atom is 0.181 e. The van der Waals surface area contributed by atoms with E-state index in [1.165, 1.54) is 6.07 Å². The molecule has 0 aromatic heterocycles. The Kier molecular flexibility index (Phi) is 11.0. The molecule has 3 aromatic rings. The van der Waals surface area contributed by atoms with Crippen LogP contribution in [0.5, 0.6) is 11.5 Å². The smallest absolute Gasteiger partial charge is 0.181 e. The van der Waals surface area contributed by atoms with Crippen LogP contribution in [0.2, 0.25) is 0 Å². The van der Waals surface area contributed by atoms with Gasteiger partial charge in [0.05, 0.1) is 36.1 Å². The molecular weight excluding hydrogens is 530 g/mol. The molecule has 0 spiro atoms. The Labute approximate surface area is 236 Å². The number of benzene rings is 3. The van der Waals surface area contributed by atoms with Crippen LogP contribution < -0.4 is 10.1 Å². The number of hydrogen-bond donors (Lipinski definition) is 4. The molecular formula is C31H39NO7S. The van der Waals surface area contributed by atoms with Gasteiger partial charge in [-0.05, 0) is 78.9 Å². The quantitative estimate of drug-likeness (QED) is 0.202. The van der Waals surface area contributed by atoms with Crippen molar-refractivity contribution in [2.45, 2.75) is 61.6 Å². The van der Waals surface area contributed by atoms with Gasteiger partial charge < -0.3 is 30.1 Å². The zero-order valence-electron chi connectivity index (χ0n) is 22.7. The van der Waals surface area contributed by atoms with Crippen molar-refractivity contribution in [3.63, 3.8) is 0 Å². The molecule has 1 saturated carbocycles. The van der Waals surface area contributed by atoms with E-state index in [0.717, 1.165) is 49.0 Å². The Morgan fingerprint density at radius 2 is 1.73 bits per heavy atom. The second kappa shape index (κ2) is 14.6. The van der Waals surface area contributed by atoms with E-state index in [1.54, 1.807) is 30.3 Å². The van der Waals surface area contributed by atoms with E-state index in [0.29, 0.717) is 48.9 Å². The van der Waals surface area contributed by atoms with Crippen LogP contribution >= 0.6 is 0 Å². The van der Waals surface area contributed by atoms with Gasteiger partial charge in [-0.2, -0.15) is 0 Å². The highest BCUT2D eigenvalue weighted by Gasteiger charge is 2.30. The van der Waals surface area contributed by atoms with E-state index in [2.05, 4.69) is 5.32 Å². The molecule has 1 atom stereocenters. The third kappa shape index (κ3) is 8.28. The number of sulfone groups is 1. The number of ether oxygens (including phenoxy) is 2. The first-order valence-corrected chi connectivity index (χ1v) is 15.3. The van der Waals surface area contributed by atoms with Gasteiger partial charge in [0.1, 0.15) is 18.1 Å². The summed E-state index contributed by atoms with van der Waals surface area (Å²) in [4.78, 5) is 0.386. The Morgan fingerprint density at radius 1 is 0.950 bits per heavy atom. The maximum atomic E-state index is 12.8. The molecule has 0 amide bonds. The van der Waals surface area contributed by atoms with Gasteiger partial charge in [0.25, 0.3) is 0 Å². The molecule has 4 rings (SSSR count). The molecule has 3 aromatic carbocycles. The largest absolute Gasteiger partial charge is 0.508 e. The summed E-state index contributed by atoms with van der Waals surface area (Å²) in [5.41, 5.74) is 3.00. The van der Waals surface area contributed by atoms with Crippen molar-refractivity contribution in [1.82, 2.24) is 5.32 Å². The van der Waals surface area contributed by atoms with Crippen molar-refractivity contribution < 1.29 is 33.2 Å². The van der Waals surface area contributed by atoms with Crippen LogP contribution in [0.4, 0.5) is 0 Å².